The Bertz CT molecular complexity index is 935. The monoisotopic (exact) mass is 384 g/mol. The lowest BCUT2D eigenvalue weighted by molar-refractivity contribution is -0.120. The van der Waals surface area contributed by atoms with Crippen molar-refractivity contribution >= 4 is 28.6 Å². The molecule has 1 amide bonds. The van der Waals surface area contributed by atoms with E-state index in [1.54, 1.807) is 0 Å². The third-order valence-corrected chi connectivity index (χ3v) is 6.42. The molecule has 2 N–H and O–H groups in total. The molecule has 4 rings (SSSR count). The molecule has 1 aliphatic carbocycles. The predicted molar refractivity (Wildman–Crippen MR) is 106 cm³/mol. The quantitative estimate of drug-likeness (QED) is 0.643. The number of benzene rings is 1. The van der Waals surface area contributed by atoms with Gasteiger partial charge in [-0.1, -0.05) is 56.7 Å². The van der Waals surface area contributed by atoms with Crippen LogP contribution in [0, 0.1) is 11.8 Å². The number of hydrogen-bond donors (Lipinski definition) is 2. The summed E-state index contributed by atoms with van der Waals surface area (Å²) in [5.74, 6) is 1.95. The van der Waals surface area contributed by atoms with Gasteiger partial charge in [-0.05, 0) is 24.3 Å². The number of hydrogen-bond acceptors (Lipinski definition) is 5. The molecule has 0 aliphatic heterocycles. The van der Waals surface area contributed by atoms with Crippen molar-refractivity contribution in [2.45, 2.75) is 44.4 Å². The second-order valence-corrected chi connectivity index (χ2v) is 8.28. The summed E-state index contributed by atoms with van der Waals surface area (Å²) in [5, 5.41) is 12.8. The molecule has 3 aromatic rings. The fourth-order valence-electron chi connectivity index (χ4n) is 3.79. The van der Waals surface area contributed by atoms with Gasteiger partial charge >= 0.3 is 0 Å². The molecule has 1 aliphatic rings. The first-order valence-electron chi connectivity index (χ1n) is 9.44. The fourth-order valence-corrected chi connectivity index (χ4v) is 4.36. The summed E-state index contributed by atoms with van der Waals surface area (Å²) in [6.07, 6.45) is 5.36. The number of thioether (sulfide) groups is 1. The molecule has 2 aromatic heterocycles. The van der Waals surface area contributed by atoms with Crippen LogP contribution in [0.2, 0.25) is 0 Å². The van der Waals surface area contributed by atoms with Crippen LogP contribution in [0.25, 0.3) is 22.4 Å². The number of nitrogens with zero attached hydrogens (tertiary/aromatic N) is 2. The van der Waals surface area contributed by atoms with Crippen LogP contribution in [0.15, 0.2) is 40.1 Å². The zero-order chi connectivity index (χ0) is 18.8. The molecular formula is C20H24N4O2S. The third-order valence-electron chi connectivity index (χ3n) is 5.61. The van der Waals surface area contributed by atoms with Crippen LogP contribution in [0.5, 0.6) is 0 Å². The lowest BCUT2D eigenvalue weighted by Crippen LogP contribution is -2.44. The second-order valence-electron chi connectivity index (χ2n) is 7.35. The van der Waals surface area contributed by atoms with Crippen molar-refractivity contribution in [3.63, 3.8) is 0 Å². The van der Waals surface area contributed by atoms with Gasteiger partial charge in [-0.3, -0.25) is 4.79 Å². The van der Waals surface area contributed by atoms with Gasteiger partial charge in [0.25, 0.3) is 11.1 Å². The van der Waals surface area contributed by atoms with Crippen molar-refractivity contribution < 1.29 is 9.21 Å². The Hall–Kier alpha value is -2.28. The number of carbonyl (C=O) groups excluding carboxylic acids is 1. The van der Waals surface area contributed by atoms with E-state index in [1.165, 1.54) is 24.6 Å². The van der Waals surface area contributed by atoms with Crippen LogP contribution < -0.4 is 5.32 Å². The van der Waals surface area contributed by atoms with Crippen LogP contribution in [0.1, 0.15) is 33.1 Å². The molecule has 27 heavy (non-hydrogen) atoms. The SMILES string of the molecule is C[C@@H]1[C@@H](C)CCC[C@H]1NC(=O)CSc1nnc(-c2c[nH]c3ccccc23)o1. The highest BCUT2D eigenvalue weighted by atomic mass is 32.2. The van der Waals surface area contributed by atoms with E-state index in [1.807, 2.05) is 30.5 Å². The minimum atomic E-state index is 0.0257. The van der Waals surface area contributed by atoms with Crippen LogP contribution in [-0.2, 0) is 4.79 Å². The molecular weight excluding hydrogens is 360 g/mol. The Morgan fingerprint density at radius 3 is 3.04 bits per heavy atom. The first kappa shape index (κ1) is 18.1. The third kappa shape index (κ3) is 3.88. The number of H-pyrrole nitrogens is 1. The van der Waals surface area contributed by atoms with Gasteiger partial charge in [0.15, 0.2) is 0 Å². The number of nitrogens with one attached hydrogen (secondary N) is 2. The summed E-state index contributed by atoms with van der Waals surface area (Å²) >= 11 is 1.28. The highest BCUT2D eigenvalue weighted by Gasteiger charge is 2.28. The van der Waals surface area contributed by atoms with E-state index in [9.17, 15) is 4.79 Å². The largest absolute Gasteiger partial charge is 0.411 e. The van der Waals surface area contributed by atoms with E-state index < -0.39 is 0 Å². The number of aromatic nitrogens is 3. The van der Waals surface area contributed by atoms with Gasteiger partial charge in [0, 0.05) is 23.1 Å². The molecule has 0 saturated heterocycles. The number of amides is 1. The Kier molecular flexibility index (Phi) is 5.20. The predicted octanol–water partition coefficient (Wildman–Crippen LogP) is 4.25. The summed E-state index contributed by atoms with van der Waals surface area (Å²) in [6, 6.07) is 8.24. The second kappa shape index (κ2) is 7.76. The zero-order valence-electron chi connectivity index (χ0n) is 15.6. The van der Waals surface area contributed by atoms with Crippen molar-refractivity contribution in [1.29, 1.82) is 0 Å². The minimum Gasteiger partial charge on any atom is -0.411 e. The topological polar surface area (TPSA) is 83.8 Å². The normalized spacial score (nSPS) is 22.8. The van der Waals surface area contributed by atoms with Crippen molar-refractivity contribution in [3.8, 4) is 11.5 Å². The number of rotatable bonds is 5. The van der Waals surface area contributed by atoms with Gasteiger partial charge in [-0.15, -0.1) is 10.2 Å². The van der Waals surface area contributed by atoms with Crippen LogP contribution in [0.3, 0.4) is 0 Å². The van der Waals surface area contributed by atoms with Gasteiger partial charge in [-0.2, -0.15) is 0 Å². The molecule has 0 bridgehead atoms. The lowest BCUT2D eigenvalue weighted by Gasteiger charge is -2.34. The van der Waals surface area contributed by atoms with Gasteiger partial charge in [-0.25, -0.2) is 0 Å². The summed E-state index contributed by atoms with van der Waals surface area (Å²) in [6.45, 7) is 4.50. The highest BCUT2D eigenvalue weighted by Crippen LogP contribution is 2.31. The van der Waals surface area contributed by atoms with Crippen LogP contribution >= 0.6 is 11.8 Å². The van der Waals surface area contributed by atoms with E-state index in [4.69, 9.17) is 4.42 Å². The maximum atomic E-state index is 12.3. The van der Waals surface area contributed by atoms with E-state index in [-0.39, 0.29) is 17.7 Å². The molecule has 7 heteroatoms. The number of aromatic amines is 1. The standard InChI is InChI=1S/C20H24N4O2S/c1-12-6-5-9-16(13(12)2)22-18(25)11-27-20-24-23-19(26-20)15-10-21-17-8-4-3-7-14(15)17/h3-4,7-8,10,12-13,16,21H,5-6,9,11H2,1-2H3,(H,22,25)/t12-,13+,16+/m0/s1. The van der Waals surface area contributed by atoms with Gasteiger partial charge < -0.3 is 14.7 Å². The molecule has 3 atom stereocenters. The number of carbonyl (C=O) groups is 1. The molecule has 1 fully saturated rings. The Balaban J connectivity index is 1.36. The van der Waals surface area contributed by atoms with E-state index in [0.717, 1.165) is 22.9 Å². The fraction of sp³-hybridized carbons (Fsp3) is 0.450. The average Bonchev–Trinajstić information content (AvgIpc) is 3.30. The summed E-state index contributed by atoms with van der Waals surface area (Å²) in [5.41, 5.74) is 1.90. The van der Waals surface area contributed by atoms with Crippen LogP contribution in [-0.4, -0.2) is 32.9 Å². The summed E-state index contributed by atoms with van der Waals surface area (Å²) in [7, 11) is 0. The zero-order valence-corrected chi connectivity index (χ0v) is 16.4. The molecule has 6 nitrogen and oxygen atoms in total. The maximum absolute atomic E-state index is 12.3. The first-order valence-corrected chi connectivity index (χ1v) is 10.4. The van der Waals surface area contributed by atoms with Crippen molar-refractivity contribution in [2.24, 2.45) is 11.8 Å². The van der Waals surface area contributed by atoms with Crippen molar-refractivity contribution in [2.75, 3.05) is 5.75 Å². The van der Waals surface area contributed by atoms with Gasteiger partial charge in [0.2, 0.25) is 5.91 Å². The van der Waals surface area contributed by atoms with Crippen molar-refractivity contribution in [1.82, 2.24) is 20.5 Å². The van der Waals surface area contributed by atoms with E-state index in [2.05, 4.69) is 34.3 Å². The summed E-state index contributed by atoms with van der Waals surface area (Å²) in [4.78, 5) is 15.5. The highest BCUT2D eigenvalue weighted by molar-refractivity contribution is 7.99. The molecule has 142 valence electrons. The molecule has 0 unspecified atom stereocenters. The molecule has 2 heterocycles. The van der Waals surface area contributed by atoms with Crippen LogP contribution in [0.4, 0.5) is 0 Å². The smallest absolute Gasteiger partial charge is 0.277 e. The first-order chi connectivity index (χ1) is 13.1. The number of para-hydroxylation sites is 1. The van der Waals surface area contributed by atoms with E-state index in [0.29, 0.717) is 22.9 Å². The Morgan fingerprint density at radius 2 is 2.15 bits per heavy atom. The van der Waals surface area contributed by atoms with Gasteiger partial charge in [0.05, 0.1) is 11.3 Å². The molecule has 0 radical (unpaired) electrons. The minimum absolute atomic E-state index is 0.0257. The lowest BCUT2D eigenvalue weighted by atomic mass is 9.78. The Morgan fingerprint density at radius 1 is 1.30 bits per heavy atom. The molecule has 1 saturated carbocycles. The number of fused-ring (bicyclic) bond motifs is 1. The summed E-state index contributed by atoms with van der Waals surface area (Å²) < 4.78 is 5.76. The Labute approximate surface area is 162 Å². The van der Waals surface area contributed by atoms with E-state index >= 15 is 0 Å². The van der Waals surface area contributed by atoms with Crippen molar-refractivity contribution in [3.05, 3.63) is 30.5 Å². The molecule has 0 spiro atoms. The maximum Gasteiger partial charge on any atom is 0.277 e. The average molecular weight is 385 g/mol. The van der Waals surface area contributed by atoms with Gasteiger partial charge in [0.1, 0.15) is 0 Å². The molecule has 1 aromatic carbocycles.